The molecule has 1 N–H and O–H groups in total. The maximum atomic E-state index is 10.8. The fourth-order valence-corrected chi connectivity index (χ4v) is 1.36. The Labute approximate surface area is 97.5 Å². The van der Waals surface area contributed by atoms with Gasteiger partial charge in [0.2, 0.25) is 5.95 Å². The second-order valence-corrected chi connectivity index (χ2v) is 3.48. The van der Waals surface area contributed by atoms with Gasteiger partial charge in [-0.1, -0.05) is 0 Å². The van der Waals surface area contributed by atoms with Gasteiger partial charge < -0.3 is 14.4 Å². The number of hydrogen-bond acceptors (Lipinski definition) is 5. The summed E-state index contributed by atoms with van der Waals surface area (Å²) in [6.07, 6.45) is 3.00. The minimum atomic E-state index is -1.07. The van der Waals surface area contributed by atoms with E-state index in [9.17, 15) is 4.79 Å². The lowest BCUT2D eigenvalue weighted by atomic mass is 10.4. The predicted molar refractivity (Wildman–Crippen MR) is 59.8 cm³/mol. The summed E-state index contributed by atoms with van der Waals surface area (Å²) >= 11 is 0. The van der Waals surface area contributed by atoms with Gasteiger partial charge in [0.15, 0.2) is 5.69 Å². The minimum absolute atomic E-state index is 0.0266. The number of aromatic nitrogens is 2. The SMILES string of the molecule is CN(Cc1ccco1)c1nccc(C(=O)O)n1. The van der Waals surface area contributed by atoms with Gasteiger partial charge in [0.25, 0.3) is 0 Å². The Balaban J connectivity index is 2.16. The highest BCUT2D eigenvalue weighted by molar-refractivity contribution is 5.85. The van der Waals surface area contributed by atoms with Gasteiger partial charge in [-0.15, -0.1) is 0 Å². The van der Waals surface area contributed by atoms with Crippen LogP contribution in [0, 0.1) is 0 Å². The van der Waals surface area contributed by atoms with Gasteiger partial charge >= 0.3 is 5.97 Å². The van der Waals surface area contributed by atoms with Gasteiger partial charge in [0.05, 0.1) is 12.8 Å². The summed E-state index contributed by atoms with van der Waals surface area (Å²) in [4.78, 5) is 20.4. The van der Waals surface area contributed by atoms with E-state index in [1.165, 1.54) is 12.3 Å². The van der Waals surface area contributed by atoms with Crippen LogP contribution in [0.5, 0.6) is 0 Å². The lowest BCUT2D eigenvalue weighted by Gasteiger charge is -2.15. The van der Waals surface area contributed by atoms with Crippen LogP contribution in [0.25, 0.3) is 0 Å². The molecule has 0 saturated heterocycles. The average molecular weight is 233 g/mol. The molecule has 0 spiro atoms. The Hall–Kier alpha value is -2.37. The fourth-order valence-electron chi connectivity index (χ4n) is 1.36. The first-order valence-electron chi connectivity index (χ1n) is 4.96. The van der Waals surface area contributed by atoms with Crippen LogP contribution in [-0.2, 0) is 6.54 Å². The van der Waals surface area contributed by atoms with Crippen LogP contribution in [0.2, 0.25) is 0 Å². The van der Waals surface area contributed by atoms with Crippen molar-refractivity contribution in [2.45, 2.75) is 6.54 Å². The Kier molecular flexibility index (Phi) is 3.04. The number of carboxylic acids is 1. The van der Waals surface area contributed by atoms with E-state index in [0.29, 0.717) is 12.5 Å². The number of carbonyl (C=O) groups is 1. The van der Waals surface area contributed by atoms with Gasteiger partial charge in [0.1, 0.15) is 5.76 Å². The molecule has 0 atom stereocenters. The summed E-state index contributed by atoms with van der Waals surface area (Å²) in [6.45, 7) is 0.482. The van der Waals surface area contributed by atoms with Crippen LogP contribution >= 0.6 is 0 Å². The van der Waals surface area contributed by atoms with Gasteiger partial charge in [-0.05, 0) is 18.2 Å². The molecule has 88 valence electrons. The third-order valence-electron chi connectivity index (χ3n) is 2.18. The van der Waals surface area contributed by atoms with Crippen molar-refractivity contribution in [3.63, 3.8) is 0 Å². The Morgan fingerprint density at radius 3 is 3.00 bits per heavy atom. The Morgan fingerprint density at radius 1 is 1.53 bits per heavy atom. The molecular weight excluding hydrogens is 222 g/mol. The summed E-state index contributed by atoms with van der Waals surface area (Å²) in [5.74, 6) is 0.0400. The van der Waals surface area contributed by atoms with Crippen molar-refractivity contribution >= 4 is 11.9 Å². The van der Waals surface area contributed by atoms with Gasteiger partial charge in [0, 0.05) is 13.2 Å². The molecule has 0 bridgehead atoms. The molecule has 0 aliphatic rings. The quantitative estimate of drug-likeness (QED) is 0.859. The standard InChI is InChI=1S/C11H11N3O3/c1-14(7-8-3-2-6-17-8)11-12-5-4-9(13-11)10(15)16/h2-6H,7H2,1H3,(H,15,16). The summed E-state index contributed by atoms with van der Waals surface area (Å²) in [5.41, 5.74) is -0.0266. The second kappa shape index (κ2) is 4.65. The first-order valence-corrected chi connectivity index (χ1v) is 4.96. The molecule has 0 fully saturated rings. The summed E-state index contributed by atoms with van der Waals surface area (Å²) in [7, 11) is 1.77. The number of rotatable bonds is 4. The molecule has 2 heterocycles. The van der Waals surface area contributed by atoms with Crippen LogP contribution in [0.4, 0.5) is 5.95 Å². The molecular formula is C11H11N3O3. The Morgan fingerprint density at radius 2 is 2.35 bits per heavy atom. The lowest BCUT2D eigenvalue weighted by molar-refractivity contribution is 0.0690. The molecule has 2 aromatic rings. The topological polar surface area (TPSA) is 79.5 Å². The summed E-state index contributed by atoms with van der Waals surface area (Å²) in [5, 5.41) is 8.82. The zero-order valence-corrected chi connectivity index (χ0v) is 9.20. The van der Waals surface area contributed by atoms with E-state index in [1.54, 1.807) is 24.3 Å². The summed E-state index contributed by atoms with van der Waals surface area (Å²) < 4.78 is 5.19. The molecule has 6 heteroatoms. The highest BCUT2D eigenvalue weighted by Gasteiger charge is 2.10. The smallest absolute Gasteiger partial charge is 0.354 e. The number of aromatic carboxylic acids is 1. The highest BCUT2D eigenvalue weighted by atomic mass is 16.4. The molecule has 0 saturated carbocycles. The maximum absolute atomic E-state index is 10.8. The van der Waals surface area contributed by atoms with Crippen LogP contribution < -0.4 is 4.90 Å². The van der Waals surface area contributed by atoms with E-state index in [4.69, 9.17) is 9.52 Å². The monoisotopic (exact) mass is 233 g/mol. The van der Waals surface area contributed by atoms with E-state index < -0.39 is 5.97 Å². The van der Waals surface area contributed by atoms with E-state index in [0.717, 1.165) is 5.76 Å². The number of furan rings is 1. The van der Waals surface area contributed by atoms with Gasteiger partial charge in [-0.25, -0.2) is 14.8 Å². The van der Waals surface area contributed by atoms with Crippen molar-refractivity contribution in [3.05, 3.63) is 42.1 Å². The molecule has 6 nitrogen and oxygen atoms in total. The largest absolute Gasteiger partial charge is 0.477 e. The van der Waals surface area contributed by atoms with E-state index in [2.05, 4.69) is 9.97 Å². The second-order valence-electron chi connectivity index (χ2n) is 3.48. The zero-order chi connectivity index (χ0) is 12.3. The number of nitrogens with zero attached hydrogens (tertiary/aromatic N) is 3. The van der Waals surface area contributed by atoms with E-state index in [1.807, 2.05) is 6.07 Å². The van der Waals surface area contributed by atoms with Crippen LogP contribution in [-0.4, -0.2) is 28.1 Å². The molecule has 0 amide bonds. The molecule has 2 rings (SSSR count). The molecule has 0 aliphatic heterocycles. The molecule has 0 aromatic carbocycles. The van der Waals surface area contributed by atoms with Gasteiger partial charge in [-0.3, -0.25) is 0 Å². The van der Waals surface area contributed by atoms with Crippen molar-refractivity contribution in [2.75, 3.05) is 11.9 Å². The van der Waals surface area contributed by atoms with Crippen molar-refractivity contribution in [1.82, 2.24) is 9.97 Å². The highest BCUT2D eigenvalue weighted by Crippen LogP contribution is 2.10. The average Bonchev–Trinajstić information content (AvgIpc) is 2.82. The number of hydrogen-bond donors (Lipinski definition) is 1. The maximum Gasteiger partial charge on any atom is 0.354 e. The molecule has 0 radical (unpaired) electrons. The van der Waals surface area contributed by atoms with Crippen LogP contribution in [0.15, 0.2) is 35.1 Å². The third-order valence-corrected chi connectivity index (χ3v) is 2.18. The molecule has 17 heavy (non-hydrogen) atoms. The van der Waals surface area contributed by atoms with Crippen LogP contribution in [0.3, 0.4) is 0 Å². The molecule has 0 unspecified atom stereocenters. The predicted octanol–water partition coefficient (Wildman–Crippen LogP) is 1.40. The van der Waals surface area contributed by atoms with Crippen molar-refractivity contribution in [1.29, 1.82) is 0 Å². The first kappa shape index (κ1) is 11.1. The van der Waals surface area contributed by atoms with Gasteiger partial charge in [-0.2, -0.15) is 0 Å². The fraction of sp³-hybridized carbons (Fsp3) is 0.182. The number of carboxylic acid groups (broad SMARTS) is 1. The van der Waals surface area contributed by atoms with Crippen molar-refractivity contribution < 1.29 is 14.3 Å². The van der Waals surface area contributed by atoms with E-state index >= 15 is 0 Å². The molecule has 2 aromatic heterocycles. The summed E-state index contributed by atoms with van der Waals surface area (Å²) in [6, 6.07) is 4.97. The normalized spacial score (nSPS) is 10.2. The lowest BCUT2D eigenvalue weighted by Crippen LogP contribution is -2.19. The Bertz CT molecular complexity index is 510. The minimum Gasteiger partial charge on any atom is -0.477 e. The van der Waals surface area contributed by atoms with Crippen LogP contribution in [0.1, 0.15) is 16.2 Å². The van der Waals surface area contributed by atoms with Crippen molar-refractivity contribution in [2.24, 2.45) is 0 Å². The third kappa shape index (κ3) is 2.60. The number of anilines is 1. The zero-order valence-electron chi connectivity index (χ0n) is 9.20. The van der Waals surface area contributed by atoms with E-state index in [-0.39, 0.29) is 5.69 Å². The first-order chi connectivity index (χ1) is 8.16. The molecule has 0 aliphatic carbocycles. The van der Waals surface area contributed by atoms with Crippen molar-refractivity contribution in [3.8, 4) is 0 Å².